The molecule has 0 bridgehead atoms. The van der Waals surface area contributed by atoms with Crippen molar-refractivity contribution >= 4 is 55.6 Å². The average Bonchev–Trinajstić information content (AvgIpc) is 3.91. The molecule has 332 valence electrons. The van der Waals surface area contributed by atoms with E-state index in [-0.39, 0.29) is 0 Å². The fourth-order valence-electron chi connectivity index (χ4n) is 12.9. The minimum absolute atomic E-state index is 0.569. The fourth-order valence-corrected chi connectivity index (χ4v) is 12.9. The number of anilines is 5. The lowest BCUT2D eigenvalue weighted by atomic mass is 9.70. The second-order valence-electron chi connectivity index (χ2n) is 19.5. The molecule has 11 aromatic carbocycles. The first kappa shape index (κ1) is 40.0. The second kappa shape index (κ2) is 15.5. The highest BCUT2D eigenvalue weighted by Gasteiger charge is 2.52. The Bertz CT molecular complexity index is 4000. The Morgan fingerprint density at radius 3 is 1.70 bits per heavy atom. The lowest BCUT2D eigenvalue weighted by molar-refractivity contribution is 0.793. The number of allylic oxidation sites excluding steroid dienone is 4. The predicted octanol–water partition coefficient (Wildman–Crippen LogP) is 18.4. The molecule has 1 spiro atoms. The summed E-state index contributed by atoms with van der Waals surface area (Å²) in [7, 11) is 0. The molecule has 0 radical (unpaired) electrons. The number of fused-ring (bicyclic) bond motifs is 14. The maximum atomic E-state index is 2.54. The molecule has 1 heterocycles. The van der Waals surface area contributed by atoms with E-state index in [1.807, 2.05) is 0 Å². The highest BCUT2D eigenvalue weighted by Crippen LogP contribution is 2.64. The molecular weight excluding hydrogens is 857 g/mol. The maximum Gasteiger partial charge on any atom is 0.0727 e. The third kappa shape index (κ3) is 5.83. The first-order valence-corrected chi connectivity index (χ1v) is 25.0. The van der Waals surface area contributed by atoms with Gasteiger partial charge in [-0.05, 0) is 156 Å². The van der Waals surface area contributed by atoms with E-state index in [9.17, 15) is 0 Å². The lowest BCUT2D eigenvalue weighted by Gasteiger charge is -2.36. The summed E-state index contributed by atoms with van der Waals surface area (Å²) in [5.41, 5.74) is 24.7. The van der Waals surface area contributed by atoms with Crippen LogP contribution >= 0.6 is 0 Å². The molecule has 2 heteroatoms. The van der Waals surface area contributed by atoms with Crippen molar-refractivity contribution in [3.63, 3.8) is 0 Å². The van der Waals surface area contributed by atoms with Crippen molar-refractivity contribution in [3.8, 4) is 44.5 Å². The maximum absolute atomic E-state index is 2.54. The van der Waals surface area contributed by atoms with Crippen LogP contribution in [0.1, 0.15) is 40.7 Å². The van der Waals surface area contributed by atoms with Gasteiger partial charge in [-0.15, -0.1) is 0 Å². The number of hydrogen-bond acceptors (Lipinski definition) is 2. The van der Waals surface area contributed by atoms with E-state index in [0.29, 0.717) is 0 Å². The molecule has 0 saturated carbocycles. The zero-order chi connectivity index (χ0) is 46.6. The van der Waals surface area contributed by atoms with Crippen molar-refractivity contribution in [2.45, 2.75) is 18.3 Å². The number of nitrogens with zero attached hydrogens (tertiary/aromatic N) is 2. The molecule has 0 fully saturated rings. The van der Waals surface area contributed by atoms with Gasteiger partial charge in [-0.2, -0.15) is 0 Å². The van der Waals surface area contributed by atoms with Gasteiger partial charge in [0.1, 0.15) is 0 Å². The van der Waals surface area contributed by atoms with Crippen molar-refractivity contribution in [2.24, 2.45) is 0 Å². The molecule has 3 aliphatic carbocycles. The predicted molar refractivity (Wildman–Crippen MR) is 297 cm³/mol. The average molecular weight is 903 g/mol. The zero-order valence-corrected chi connectivity index (χ0v) is 39.1. The van der Waals surface area contributed by atoms with Gasteiger partial charge < -0.3 is 9.80 Å². The number of rotatable bonds is 6. The Balaban J connectivity index is 0.957. The van der Waals surface area contributed by atoms with Gasteiger partial charge >= 0.3 is 0 Å². The summed E-state index contributed by atoms with van der Waals surface area (Å²) in [6.07, 6.45) is 6.59. The topological polar surface area (TPSA) is 6.48 Å². The van der Waals surface area contributed by atoms with E-state index < -0.39 is 5.41 Å². The van der Waals surface area contributed by atoms with Crippen LogP contribution in [0.25, 0.3) is 71.6 Å². The molecule has 0 amide bonds. The fraction of sp³-hybridized carbons (Fsp3) is 0.0435. The number of hydrogen-bond donors (Lipinski definition) is 0. The molecule has 0 N–H and O–H groups in total. The van der Waals surface area contributed by atoms with Gasteiger partial charge in [0, 0.05) is 33.7 Å². The van der Waals surface area contributed by atoms with E-state index in [1.165, 1.54) is 117 Å². The van der Waals surface area contributed by atoms with Crippen molar-refractivity contribution in [3.05, 3.63) is 288 Å². The monoisotopic (exact) mass is 902 g/mol. The first-order chi connectivity index (χ1) is 35.2. The zero-order valence-electron chi connectivity index (χ0n) is 39.1. The molecule has 2 nitrogen and oxygen atoms in total. The Kier molecular flexibility index (Phi) is 8.73. The van der Waals surface area contributed by atoms with Crippen LogP contribution in [0, 0.1) is 0 Å². The number of benzene rings is 11. The normalized spacial score (nSPS) is 14.3. The summed E-state index contributed by atoms with van der Waals surface area (Å²) < 4.78 is 0. The highest BCUT2D eigenvalue weighted by molar-refractivity contribution is 6.19. The van der Waals surface area contributed by atoms with Gasteiger partial charge in [-0.1, -0.05) is 200 Å². The van der Waals surface area contributed by atoms with Crippen molar-refractivity contribution in [1.82, 2.24) is 0 Å². The summed E-state index contributed by atoms with van der Waals surface area (Å²) in [5, 5.41) is 5.06. The Labute approximate surface area is 414 Å². The summed E-state index contributed by atoms with van der Waals surface area (Å²) in [6.45, 7) is 0. The highest BCUT2D eigenvalue weighted by atomic mass is 15.2. The van der Waals surface area contributed by atoms with Gasteiger partial charge in [0.2, 0.25) is 0 Å². The molecule has 11 aromatic rings. The van der Waals surface area contributed by atoms with Crippen LogP contribution in [0.5, 0.6) is 0 Å². The van der Waals surface area contributed by atoms with Crippen LogP contribution < -0.4 is 9.80 Å². The lowest BCUT2D eigenvalue weighted by Crippen LogP contribution is -2.27. The molecule has 0 saturated heterocycles. The summed E-state index contributed by atoms with van der Waals surface area (Å²) in [5.74, 6) is 0. The second-order valence-corrected chi connectivity index (χ2v) is 19.5. The van der Waals surface area contributed by atoms with Crippen LogP contribution in [0.3, 0.4) is 0 Å². The smallest absolute Gasteiger partial charge is 0.0727 e. The Morgan fingerprint density at radius 2 is 0.958 bits per heavy atom. The van der Waals surface area contributed by atoms with Gasteiger partial charge in [-0.25, -0.2) is 0 Å². The molecule has 0 aromatic heterocycles. The SMILES string of the molecule is C1=C(c2ccccc2)CCC(N(c2ccc(-c3ccccc3)cc2)c2ccc3c(c2)C2(c4ccccc4-c4ccccc42)c2cc(N4c5ccc6ccccc6c5-c5cccc6cccc4c56)ccc2-3)=C1. The van der Waals surface area contributed by atoms with E-state index >= 15 is 0 Å². The molecular formula is C69H46N2. The van der Waals surface area contributed by atoms with E-state index in [0.717, 1.165) is 29.9 Å². The van der Waals surface area contributed by atoms with E-state index in [4.69, 9.17) is 0 Å². The molecule has 4 aliphatic rings. The largest absolute Gasteiger partial charge is 0.314 e. The molecule has 71 heavy (non-hydrogen) atoms. The van der Waals surface area contributed by atoms with Crippen molar-refractivity contribution < 1.29 is 0 Å². The van der Waals surface area contributed by atoms with Crippen molar-refractivity contribution in [1.29, 1.82) is 0 Å². The standard InChI is InChI=1S/C69H46N2/c1-3-15-45(16-4-1)47-29-34-51(35-30-47)70(52-36-31-48(32-37-52)46-17-5-2-6-18-46)53-38-40-58-59-41-39-54(44-64(59)69(63(58)43-53)61-26-11-9-23-56(61)57-24-10-12-27-62(57)69)71-65-28-14-21-50-20-13-25-60(67(50)65)68-55-22-8-7-19-49(55)33-42-66(68)71/h1-31,33-36,38-44H,32,37H2. The van der Waals surface area contributed by atoms with Crippen LogP contribution in [-0.4, -0.2) is 0 Å². The van der Waals surface area contributed by atoms with Gasteiger partial charge in [-0.3, -0.25) is 0 Å². The third-order valence-corrected chi connectivity index (χ3v) is 15.9. The first-order valence-electron chi connectivity index (χ1n) is 25.0. The summed E-state index contributed by atoms with van der Waals surface area (Å²) in [6, 6.07) is 90.8. The summed E-state index contributed by atoms with van der Waals surface area (Å²) in [4.78, 5) is 5.06. The van der Waals surface area contributed by atoms with E-state index in [1.54, 1.807) is 0 Å². The van der Waals surface area contributed by atoms with Crippen LogP contribution in [-0.2, 0) is 5.41 Å². The van der Waals surface area contributed by atoms with Gasteiger partial charge in [0.05, 0.1) is 16.8 Å². The minimum Gasteiger partial charge on any atom is -0.314 e. The van der Waals surface area contributed by atoms with Gasteiger partial charge in [0.25, 0.3) is 0 Å². The van der Waals surface area contributed by atoms with Crippen LogP contribution in [0.2, 0.25) is 0 Å². The Hall–Kier alpha value is -8.98. The van der Waals surface area contributed by atoms with Crippen molar-refractivity contribution in [2.75, 3.05) is 9.80 Å². The molecule has 0 atom stereocenters. The molecule has 1 aliphatic heterocycles. The Morgan fingerprint density at radius 1 is 0.366 bits per heavy atom. The molecule has 15 rings (SSSR count). The third-order valence-electron chi connectivity index (χ3n) is 15.9. The quantitative estimate of drug-likeness (QED) is 0.164. The van der Waals surface area contributed by atoms with E-state index in [2.05, 4.69) is 265 Å². The van der Waals surface area contributed by atoms with Crippen LogP contribution in [0.15, 0.2) is 261 Å². The van der Waals surface area contributed by atoms with Crippen LogP contribution in [0.4, 0.5) is 28.4 Å². The van der Waals surface area contributed by atoms with Gasteiger partial charge in [0.15, 0.2) is 0 Å². The minimum atomic E-state index is -0.569. The molecule has 0 unspecified atom stereocenters. The summed E-state index contributed by atoms with van der Waals surface area (Å²) >= 11 is 0.